The summed E-state index contributed by atoms with van der Waals surface area (Å²) in [6.07, 6.45) is 0.276. The number of nitrogens with one attached hydrogen (secondary N) is 1. The first kappa shape index (κ1) is 34.2. The molecule has 0 aliphatic heterocycles. The number of nitrogens with zero attached hydrogens (tertiary/aromatic N) is 2. The Hall–Kier alpha value is -4.32. The van der Waals surface area contributed by atoms with Gasteiger partial charge in [0.25, 0.3) is 10.0 Å². The van der Waals surface area contributed by atoms with Crippen molar-refractivity contribution in [3.63, 3.8) is 0 Å². The van der Waals surface area contributed by atoms with Gasteiger partial charge in [-0.3, -0.25) is 13.9 Å². The monoisotopic (exact) mass is 629 g/mol. The van der Waals surface area contributed by atoms with Crippen molar-refractivity contribution in [2.45, 2.75) is 44.7 Å². The highest BCUT2D eigenvalue weighted by molar-refractivity contribution is 7.92. The van der Waals surface area contributed by atoms with E-state index in [0.717, 1.165) is 16.4 Å². The quantitative estimate of drug-likeness (QED) is 0.261. The van der Waals surface area contributed by atoms with Gasteiger partial charge in [0.05, 0.1) is 31.9 Å². The fraction of sp³-hybridized carbons (Fsp3) is 0.375. The molecular weight excluding hydrogens is 589 g/mol. The van der Waals surface area contributed by atoms with E-state index in [1.165, 1.54) is 56.6 Å². The summed E-state index contributed by atoms with van der Waals surface area (Å²) in [6, 6.07) is 15.0. The Bertz CT molecular complexity index is 1530. The van der Waals surface area contributed by atoms with Crippen LogP contribution in [0.3, 0.4) is 0 Å². The van der Waals surface area contributed by atoms with Crippen LogP contribution in [0.2, 0.25) is 0 Å². The van der Waals surface area contributed by atoms with E-state index in [4.69, 9.17) is 14.2 Å². The number of carbonyl (C=O) groups is 2. The lowest BCUT2D eigenvalue weighted by molar-refractivity contribution is -0.140. The second kappa shape index (κ2) is 15.4. The Morgan fingerprint density at radius 1 is 0.909 bits per heavy atom. The van der Waals surface area contributed by atoms with Gasteiger partial charge in [-0.25, -0.2) is 12.8 Å². The topological polar surface area (TPSA) is 114 Å². The molecule has 1 atom stereocenters. The van der Waals surface area contributed by atoms with Crippen molar-refractivity contribution in [3.05, 3.63) is 78.1 Å². The van der Waals surface area contributed by atoms with E-state index in [1.54, 1.807) is 31.2 Å². The molecule has 0 saturated heterocycles. The Labute approximate surface area is 258 Å². The average molecular weight is 630 g/mol. The molecule has 0 unspecified atom stereocenters. The molecule has 0 heterocycles. The van der Waals surface area contributed by atoms with Gasteiger partial charge in [0.2, 0.25) is 11.8 Å². The average Bonchev–Trinajstić information content (AvgIpc) is 3.02. The zero-order valence-electron chi connectivity index (χ0n) is 25.9. The predicted molar refractivity (Wildman–Crippen MR) is 166 cm³/mol. The minimum atomic E-state index is -4.40. The van der Waals surface area contributed by atoms with E-state index in [9.17, 15) is 22.4 Å². The van der Waals surface area contributed by atoms with Crippen LogP contribution in [-0.4, -0.2) is 65.6 Å². The van der Waals surface area contributed by atoms with Gasteiger partial charge in [0.1, 0.15) is 24.2 Å². The third-order valence-electron chi connectivity index (χ3n) is 6.89. The highest BCUT2D eigenvalue weighted by atomic mass is 32.2. The minimum absolute atomic E-state index is 0.0112. The van der Waals surface area contributed by atoms with Gasteiger partial charge in [-0.05, 0) is 66.4 Å². The molecule has 0 aromatic heterocycles. The van der Waals surface area contributed by atoms with Gasteiger partial charge in [0.15, 0.2) is 11.5 Å². The number of ether oxygens (including phenoxy) is 3. The summed E-state index contributed by atoms with van der Waals surface area (Å²) in [7, 11) is -0.0792. The lowest BCUT2D eigenvalue weighted by atomic mass is 10.1. The smallest absolute Gasteiger partial charge is 0.264 e. The minimum Gasteiger partial charge on any atom is -0.497 e. The van der Waals surface area contributed by atoms with Crippen LogP contribution in [0, 0.1) is 11.7 Å². The number of carbonyl (C=O) groups excluding carboxylic acids is 2. The summed E-state index contributed by atoms with van der Waals surface area (Å²) in [5.41, 5.74) is 0.747. The molecule has 0 spiro atoms. The number of amides is 2. The lowest BCUT2D eigenvalue weighted by Crippen LogP contribution is -2.52. The van der Waals surface area contributed by atoms with Crippen molar-refractivity contribution in [3.8, 4) is 17.2 Å². The van der Waals surface area contributed by atoms with Gasteiger partial charge < -0.3 is 24.4 Å². The van der Waals surface area contributed by atoms with Crippen LogP contribution in [0.5, 0.6) is 17.2 Å². The predicted octanol–water partition coefficient (Wildman–Crippen LogP) is 4.63. The summed E-state index contributed by atoms with van der Waals surface area (Å²) in [4.78, 5) is 28.7. The van der Waals surface area contributed by atoms with Crippen LogP contribution in [0.25, 0.3) is 0 Å². The van der Waals surface area contributed by atoms with E-state index in [-0.39, 0.29) is 41.1 Å². The van der Waals surface area contributed by atoms with E-state index in [2.05, 4.69) is 5.32 Å². The number of hydrogen-bond acceptors (Lipinski definition) is 7. The van der Waals surface area contributed by atoms with E-state index in [1.807, 2.05) is 13.8 Å². The van der Waals surface area contributed by atoms with Crippen molar-refractivity contribution in [2.75, 3.05) is 38.7 Å². The lowest BCUT2D eigenvalue weighted by Gasteiger charge is -2.33. The molecule has 3 aromatic rings. The number of anilines is 1. The van der Waals surface area contributed by atoms with E-state index >= 15 is 0 Å². The molecule has 2 amide bonds. The molecule has 0 saturated carbocycles. The fourth-order valence-electron chi connectivity index (χ4n) is 4.55. The normalized spacial score (nSPS) is 11.9. The molecule has 238 valence electrons. The molecule has 44 heavy (non-hydrogen) atoms. The fourth-order valence-corrected chi connectivity index (χ4v) is 5.98. The number of sulfonamides is 1. The molecule has 12 heteroatoms. The number of halogens is 1. The van der Waals surface area contributed by atoms with Gasteiger partial charge in [0, 0.05) is 19.2 Å². The molecule has 1 N–H and O–H groups in total. The molecule has 0 aliphatic carbocycles. The van der Waals surface area contributed by atoms with Crippen molar-refractivity contribution >= 4 is 27.5 Å². The SMILES string of the molecule is CC[C@@H](C(=O)NCC(C)C)N(Cc1cccc(OC)c1)C(=O)CN(c1ccc(F)cc1)S(=O)(=O)c1ccc(OC)c(OC)c1. The molecule has 3 rings (SSSR count). The third-order valence-corrected chi connectivity index (χ3v) is 8.66. The van der Waals surface area contributed by atoms with E-state index in [0.29, 0.717) is 23.6 Å². The van der Waals surface area contributed by atoms with Gasteiger partial charge in [-0.15, -0.1) is 0 Å². The standard InChI is InChI=1S/C32H40FN3O7S/c1-7-28(32(38)34-19-22(2)3)35(20-23-9-8-10-26(17-23)41-4)31(37)21-36(25-13-11-24(33)12-14-25)44(39,40)27-15-16-29(42-5)30(18-27)43-6/h8-18,22,28H,7,19-21H2,1-6H3,(H,34,38)/t28-/m0/s1. The Kier molecular flexibility index (Phi) is 12.0. The second-order valence-corrected chi connectivity index (χ2v) is 12.3. The molecular formula is C32H40FN3O7S. The highest BCUT2D eigenvalue weighted by Crippen LogP contribution is 2.32. The van der Waals surface area contributed by atoms with Crippen LogP contribution in [0.15, 0.2) is 71.6 Å². The largest absolute Gasteiger partial charge is 0.497 e. The number of methoxy groups -OCH3 is 3. The van der Waals surface area contributed by atoms with Crippen LogP contribution in [-0.2, 0) is 26.2 Å². The maximum atomic E-state index is 14.2. The number of benzene rings is 3. The molecule has 3 aromatic carbocycles. The van der Waals surface area contributed by atoms with Gasteiger partial charge >= 0.3 is 0 Å². The van der Waals surface area contributed by atoms with Crippen molar-refractivity contribution in [1.29, 1.82) is 0 Å². The van der Waals surface area contributed by atoms with Gasteiger partial charge in [-0.2, -0.15) is 0 Å². The summed E-state index contributed by atoms with van der Waals surface area (Å²) < 4.78 is 58.9. The van der Waals surface area contributed by atoms with Crippen molar-refractivity contribution < 1.29 is 36.6 Å². The zero-order valence-corrected chi connectivity index (χ0v) is 26.7. The van der Waals surface area contributed by atoms with Crippen molar-refractivity contribution in [2.24, 2.45) is 5.92 Å². The number of rotatable bonds is 15. The Morgan fingerprint density at radius 3 is 2.18 bits per heavy atom. The maximum absolute atomic E-state index is 14.2. The molecule has 0 aliphatic rings. The first-order chi connectivity index (χ1) is 20.9. The van der Waals surface area contributed by atoms with Crippen LogP contribution >= 0.6 is 0 Å². The third kappa shape index (κ3) is 8.40. The molecule has 10 nitrogen and oxygen atoms in total. The molecule has 0 radical (unpaired) electrons. The molecule has 0 bridgehead atoms. The van der Waals surface area contributed by atoms with Crippen molar-refractivity contribution in [1.82, 2.24) is 10.2 Å². The summed E-state index contributed by atoms with van der Waals surface area (Å²) in [6.45, 7) is 5.45. The van der Waals surface area contributed by atoms with Crippen LogP contribution in [0.4, 0.5) is 10.1 Å². The van der Waals surface area contributed by atoms with Crippen LogP contribution < -0.4 is 23.8 Å². The summed E-state index contributed by atoms with van der Waals surface area (Å²) in [5, 5.41) is 2.89. The van der Waals surface area contributed by atoms with Crippen LogP contribution in [0.1, 0.15) is 32.8 Å². The second-order valence-electron chi connectivity index (χ2n) is 10.4. The number of hydrogen-bond donors (Lipinski definition) is 1. The summed E-state index contributed by atoms with van der Waals surface area (Å²) >= 11 is 0. The zero-order chi connectivity index (χ0) is 32.4. The first-order valence-electron chi connectivity index (χ1n) is 14.2. The van der Waals surface area contributed by atoms with Gasteiger partial charge in [-0.1, -0.05) is 32.9 Å². The first-order valence-corrected chi connectivity index (χ1v) is 15.6. The Balaban J connectivity index is 2.09. The maximum Gasteiger partial charge on any atom is 0.264 e. The highest BCUT2D eigenvalue weighted by Gasteiger charge is 2.34. The molecule has 0 fully saturated rings. The Morgan fingerprint density at radius 2 is 1.59 bits per heavy atom. The summed E-state index contributed by atoms with van der Waals surface area (Å²) in [5.74, 6) is -0.321. The van der Waals surface area contributed by atoms with E-state index < -0.39 is 34.3 Å².